The number of ether oxygens (including phenoxy) is 10. The van der Waals surface area contributed by atoms with Gasteiger partial charge in [0, 0.05) is 53.4 Å². The quantitative estimate of drug-likeness (QED) is 0.211. The molecule has 10 atom stereocenters. The molecule has 2 aromatic carbocycles. The van der Waals surface area contributed by atoms with Crippen molar-refractivity contribution in [2.45, 2.75) is 114 Å². The zero-order valence-electron chi connectivity index (χ0n) is 30.6. The largest absolute Gasteiger partial charge is 0.463 e. The second-order valence-corrected chi connectivity index (χ2v) is 13.5. The molecule has 0 N–H and O–H groups in total. The highest BCUT2D eigenvalue weighted by Crippen LogP contribution is 2.40. The van der Waals surface area contributed by atoms with E-state index in [0.29, 0.717) is 4.90 Å². The van der Waals surface area contributed by atoms with Crippen LogP contribution in [0.5, 0.6) is 0 Å². The number of thioether (sulfide) groups is 1. The van der Waals surface area contributed by atoms with Crippen LogP contribution < -0.4 is 0 Å². The number of carbonyl (C=O) groups is 7. The van der Waals surface area contributed by atoms with Gasteiger partial charge in [0.25, 0.3) is 0 Å². The molecule has 54 heavy (non-hydrogen) atoms. The molecular formula is C36H42O17S. The maximum atomic E-state index is 12.7. The molecule has 2 saturated heterocycles. The molecule has 2 heterocycles. The zero-order chi connectivity index (χ0) is 39.7. The van der Waals surface area contributed by atoms with Gasteiger partial charge < -0.3 is 47.4 Å². The van der Waals surface area contributed by atoms with Gasteiger partial charge in [0.05, 0.1) is 0 Å². The van der Waals surface area contributed by atoms with Gasteiger partial charge in [-0.05, 0) is 22.9 Å². The predicted octanol–water partition coefficient (Wildman–Crippen LogP) is 2.55. The van der Waals surface area contributed by atoms with E-state index in [9.17, 15) is 33.6 Å². The number of hydrogen-bond acceptors (Lipinski definition) is 18. The average molecular weight is 779 g/mol. The Balaban J connectivity index is 1.81. The van der Waals surface area contributed by atoms with Crippen molar-refractivity contribution in [1.82, 2.24) is 0 Å². The van der Waals surface area contributed by atoms with Crippen molar-refractivity contribution in [3.63, 3.8) is 0 Å². The number of carbonyl (C=O) groups excluding carboxylic acids is 7. The van der Waals surface area contributed by atoms with Crippen LogP contribution in [0, 0.1) is 0 Å². The highest BCUT2D eigenvalue weighted by molar-refractivity contribution is 7.99. The SMILES string of the molecule is CC(=O)OCC1OC(OC2C(COC(C)=O)OC(Sc3ccc4ccccc4c3)C(OC(C)=O)C2OC(C)=O)C(OC(C)=O)C(OC(C)=O)C1OC(C)=O. The van der Waals surface area contributed by atoms with Gasteiger partial charge >= 0.3 is 41.8 Å². The van der Waals surface area contributed by atoms with E-state index < -0.39 is 116 Å². The lowest BCUT2D eigenvalue weighted by Gasteiger charge is -2.48. The van der Waals surface area contributed by atoms with Crippen molar-refractivity contribution in [2.75, 3.05) is 13.2 Å². The van der Waals surface area contributed by atoms with Gasteiger partial charge in [0.2, 0.25) is 0 Å². The monoisotopic (exact) mass is 778 g/mol. The van der Waals surface area contributed by atoms with Crippen LogP contribution in [0.4, 0.5) is 0 Å². The molecule has 18 heteroatoms. The summed E-state index contributed by atoms with van der Waals surface area (Å²) in [7, 11) is 0. The molecule has 4 rings (SSSR count). The molecule has 17 nitrogen and oxygen atoms in total. The Kier molecular flexibility index (Phi) is 14.8. The summed E-state index contributed by atoms with van der Waals surface area (Å²) in [6, 6.07) is 13.2. The summed E-state index contributed by atoms with van der Waals surface area (Å²) in [4.78, 5) is 86.9. The van der Waals surface area contributed by atoms with E-state index in [1.807, 2.05) is 42.5 Å². The van der Waals surface area contributed by atoms with Crippen molar-refractivity contribution in [3.05, 3.63) is 42.5 Å². The second kappa shape index (κ2) is 19.0. The molecule has 2 fully saturated rings. The highest BCUT2D eigenvalue weighted by atomic mass is 32.2. The molecule has 0 radical (unpaired) electrons. The Morgan fingerprint density at radius 2 is 0.981 bits per heavy atom. The first kappa shape index (κ1) is 42.0. The average Bonchev–Trinajstić information content (AvgIpc) is 3.07. The number of benzene rings is 2. The number of fused-ring (bicyclic) bond motifs is 1. The third-order valence-corrected chi connectivity index (χ3v) is 9.00. The normalized spacial score (nSPS) is 27.8. The summed E-state index contributed by atoms with van der Waals surface area (Å²) in [5, 5.41) is 1.87. The molecule has 0 saturated carbocycles. The fourth-order valence-corrected chi connectivity index (χ4v) is 7.09. The van der Waals surface area contributed by atoms with Crippen LogP contribution in [0.25, 0.3) is 10.8 Å². The third-order valence-electron chi connectivity index (χ3n) is 7.86. The van der Waals surface area contributed by atoms with Crippen molar-refractivity contribution in [1.29, 1.82) is 0 Å². The van der Waals surface area contributed by atoms with E-state index in [1.54, 1.807) is 0 Å². The van der Waals surface area contributed by atoms with Crippen LogP contribution in [0.1, 0.15) is 48.5 Å². The van der Waals surface area contributed by atoms with Gasteiger partial charge in [-0.3, -0.25) is 33.6 Å². The molecule has 0 aromatic heterocycles. The van der Waals surface area contributed by atoms with Gasteiger partial charge in [-0.25, -0.2) is 0 Å². The van der Waals surface area contributed by atoms with Crippen molar-refractivity contribution < 1.29 is 80.9 Å². The van der Waals surface area contributed by atoms with E-state index in [4.69, 9.17) is 47.4 Å². The molecule has 2 aliphatic heterocycles. The van der Waals surface area contributed by atoms with E-state index in [0.717, 1.165) is 71.0 Å². The van der Waals surface area contributed by atoms with Crippen LogP contribution >= 0.6 is 11.8 Å². The predicted molar refractivity (Wildman–Crippen MR) is 183 cm³/mol. The Morgan fingerprint density at radius 1 is 0.519 bits per heavy atom. The lowest BCUT2D eigenvalue weighted by atomic mass is 9.96. The Bertz CT molecular complexity index is 1710. The van der Waals surface area contributed by atoms with Gasteiger partial charge in [-0.1, -0.05) is 42.1 Å². The van der Waals surface area contributed by atoms with E-state index >= 15 is 0 Å². The maximum Gasteiger partial charge on any atom is 0.303 e. The number of rotatable bonds is 13. The summed E-state index contributed by atoms with van der Waals surface area (Å²) in [5.74, 6) is -5.65. The molecule has 0 aliphatic carbocycles. The van der Waals surface area contributed by atoms with Gasteiger partial charge in [-0.2, -0.15) is 0 Å². The number of hydrogen-bond donors (Lipinski definition) is 0. The molecule has 0 amide bonds. The summed E-state index contributed by atoms with van der Waals surface area (Å²) in [5.41, 5.74) is -1.09. The topological polar surface area (TPSA) is 212 Å². The van der Waals surface area contributed by atoms with Crippen molar-refractivity contribution in [3.8, 4) is 0 Å². The van der Waals surface area contributed by atoms with Crippen LogP contribution in [0.15, 0.2) is 47.4 Å². The van der Waals surface area contributed by atoms with Gasteiger partial charge in [0.1, 0.15) is 37.0 Å². The fraction of sp³-hybridized carbons (Fsp3) is 0.528. The Hall–Kier alpha value is -4.78. The van der Waals surface area contributed by atoms with E-state index in [1.165, 1.54) is 0 Å². The third kappa shape index (κ3) is 11.6. The summed E-state index contributed by atoms with van der Waals surface area (Å²) in [6.07, 6.45) is -13.6. The van der Waals surface area contributed by atoms with Gasteiger partial charge in [-0.15, -0.1) is 0 Å². The lowest BCUT2D eigenvalue weighted by Crippen LogP contribution is -2.66. The minimum atomic E-state index is -1.76. The maximum absolute atomic E-state index is 12.7. The second-order valence-electron chi connectivity index (χ2n) is 12.3. The van der Waals surface area contributed by atoms with E-state index in [-0.39, 0.29) is 0 Å². The van der Waals surface area contributed by atoms with Crippen LogP contribution in [-0.2, 0) is 80.9 Å². The molecule has 2 aliphatic rings. The smallest absolute Gasteiger partial charge is 0.303 e. The van der Waals surface area contributed by atoms with E-state index in [2.05, 4.69) is 0 Å². The zero-order valence-corrected chi connectivity index (χ0v) is 31.4. The molecule has 10 unspecified atom stereocenters. The first-order valence-corrected chi connectivity index (χ1v) is 17.6. The van der Waals surface area contributed by atoms with Crippen LogP contribution in [0.2, 0.25) is 0 Å². The minimum Gasteiger partial charge on any atom is -0.463 e. The summed E-state index contributed by atoms with van der Waals surface area (Å²) >= 11 is 1.14. The van der Waals surface area contributed by atoms with Crippen LogP contribution in [-0.4, -0.2) is 116 Å². The Labute approximate surface area is 314 Å². The first-order chi connectivity index (χ1) is 25.5. The summed E-state index contributed by atoms with van der Waals surface area (Å²) in [6.45, 7) is 6.67. The van der Waals surface area contributed by atoms with Gasteiger partial charge in [0.15, 0.2) is 36.8 Å². The first-order valence-electron chi connectivity index (χ1n) is 16.8. The van der Waals surface area contributed by atoms with Crippen LogP contribution in [0.3, 0.4) is 0 Å². The molecular weight excluding hydrogens is 736 g/mol. The standard InChI is InChI=1S/C36H42O17S/c1-17(37)44-15-27-29(46-19(3)39)31(47-20(4)40)33(49-22(6)42)35(51-27)53-30-28(16-45-18(2)38)52-36(34(50-23(7)43)32(30)48-21(5)41)54-26-13-12-24-10-8-9-11-25(24)14-26/h8-14,27-36H,15-16H2,1-7H3. The molecule has 0 spiro atoms. The highest BCUT2D eigenvalue weighted by Gasteiger charge is 2.57. The summed E-state index contributed by atoms with van der Waals surface area (Å²) < 4.78 is 57.4. The minimum absolute atomic E-state index is 0.482. The molecule has 0 bridgehead atoms. The lowest BCUT2D eigenvalue weighted by molar-refractivity contribution is -0.341. The molecule has 2 aromatic rings. The fourth-order valence-electron chi connectivity index (χ4n) is 5.94. The van der Waals surface area contributed by atoms with Crippen molar-refractivity contribution >= 4 is 64.3 Å². The number of esters is 7. The van der Waals surface area contributed by atoms with Crippen molar-refractivity contribution in [2.24, 2.45) is 0 Å². The molecule has 294 valence electrons. The Morgan fingerprint density at radius 3 is 1.52 bits per heavy atom.